The number of carbonyl (C=O) groups is 2. The van der Waals surface area contributed by atoms with Crippen LogP contribution < -0.4 is 5.32 Å². The van der Waals surface area contributed by atoms with Gasteiger partial charge in [0, 0.05) is 12.2 Å². The normalized spacial score (nSPS) is 20.6. The number of nitrogens with one attached hydrogen (secondary N) is 1. The van der Waals surface area contributed by atoms with E-state index in [0.29, 0.717) is 18.9 Å². The van der Waals surface area contributed by atoms with E-state index in [0.717, 1.165) is 29.7 Å². The van der Waals surface area contributed by atoms with Crippen molar-refractivity contribution in [1.82, 2.24) is 4.90 Å². The number of anilines is 1. The van der Waals surface area contributed by atoms with E-state index in [-0.39, 0.29) is 5.91 Å². The summed E-state index contributed by atoms with van der Waals surface area (Å²) in [5.41, 5.74) is 2.29. The molecule has 1 fully saturated rings. The van der Waals surface area contributed by atoms with E-state index in [1.54, 1.807) is 4.90 Å². The van der Waals surface area contributed by atoms with Crippen LogP contribution in [0.4, 0.5) is 10.5 Å². The van der Waals surface area contributed by atoms with Crippen molar-refractivity contribution in [3.8, 4) is 0 Å². The minimum Gasteiger partial charge on any atom is -0.444 e. The van der Waals surface area contributed by atoms with Gasteiger partial charge >= 0.3 is 6.09 Å². The molecule has 1 aliphatic heterocycles. The van der Waals surface area contributed by atoms with Gasteiger partial charge in [0.15, 0.2) is 0 Å². The first-order chi connectivity index (χ1) is 12.1. The summed E-state index contributed by atoms with van der Waals surface area (Å²) in [4.78, 5) is 27.3. The van der Waals surface area contributed by atoms with Gasteiger partial charge in [-0.05, 0) is 64.5 Å². The highest BCUT2D eigenvalue weighted by molar-refractivity contribution is 5.97. The van der Waals surface area contributed by atoms with Crippen LogP contribution in [0.2, 0.25) is 0 Å². The summed E-state index contributed by atoms with van der Waals surface area (Å²) in [5, 5.41) is 3.05. The third kappa shape index (κ3) is 4.99. The van der Waals surface area contributed by atoms with Gasteiger partial charge < -0.3 is 10.1 Å². The number of rotatable bonds is 3. The molecule has 1 heterocycles. The number of hydrogen-bond acceptors (Lipinski definition) is 3. The topological polar surface area (TPSA) is 58.6 Å². The summed E-state index contributed by atoms with van der Waals surface area (Å²) in [7, 11) is 0. The predicted molar refractivity (Wildman–Crippen MR) is 104 cm³/mol. The zero-order valence-corrected chi connectivity index (χ0v) is 16.9. The number of carbonyl (C=O) groups excluding carboxylic acids is 2. The Morgan fingerprint density at radius 1 is 1.23 bits per heavy atom. The van der Waals surface area contributed by atoms with E-state index >= 15 is 0 Å². The zero-order chi connectivity index (χ0) is 19.5. The predicted octanol–water partition coefficient (Wildman–Crippen LogP) is 4.67. The molecule has 1 aromatic carbocycles. The molecule has 0 unspecified atom stereocenters. The smallest absolute Gasteiger partial charge is 0.410 e. The molecule has 0 aromatic heterocycles. The summed E-state index contributed by atoms with van der Waals surface area (Å²) >= 11 is 0. The van der Waals surface area contributed by atoms with Crippen molar-refractivity contribution in [1.29, 1.82) is 0 Å². The van der Waals surface area contributed by atoms with Gasteiger partial charge in [-0.15, -0.1) is 0 Å². The molecule has 2 rings (SSSR count). The maximum Gasteiger partial charge on any atom is 0.410 e. The number of para-hydroxylation sites is 1. The lowest BCUT2D eigenvalue weighted by Crippen LogP contribution is -2.53. The number of aryl methyl sites for hydroxylation is 2. The van der Waals surface area contributed by atoms with E-state index in [1.165, 1.54) is 0 Å². The minimum atomic E-state index is -0.577. The lowest BCUT2D eigenvalue weighted by molar-refractivity contribution is -0.123. The van der Waals surface area contributed by atoms with Crippen molar-refractivity contribution in [2.45, 2.75) is 72.4 Å². The second-order valence-electron chi connectivity index (χ2n) is 8.24. The number of nitrogens with zero attached hydrogens (tertiary/aromatic N) is 1. The first-order valence-electron chi connectivity index (χ1n) is 9.49. The van der Waals surface area contributed by atoms with Crippen LogP contribution in [0.15, 0.2) is 18.2 Å². The molecular weight excluding hydrogens is 328 g/mol. The van der Waals surface area contributed by atoms with Gasteiger partial charge in [0.25, 0.3) is 0 Å². The average Bonchev–Trinajstić information content (AvgIpc) is 2.56. The molecular formula is C21H32N2O3. The van der Waals surface area contributed by atoms with Gasteiger partial charge in [-0.25, -0.2) is 4.79 Å². The summed E-state index contributed by atoms with van der Waals surface area (Å²) in [6.07, 6.45) is 2.18. The Balaban J connectivity index is 2.21. The molecule has 0 radical (unpaired) electrons. The monoisotopic (exact) mass is 360 g/mol. The maximum atomic E-state index is 13.1. The highest BCUT2D eigenvalue weighted by atomic mass is 16.6. The van der Waals surface area contributed by atoms with Crippen LogP contribution in [-0.4, -0.2) is 35.1 Å². The van der Waals surface area contributed by atoms with Gasteiger partial charge in [-0.3, -0.25) is 9.69 Å². The van der Waals surface area contributed by atoms with Gasteiger partial charge in [-0.2, -0.15) is 0 Å². The number of ether oxygens (including phenoxy) is 1. The van der Waals surface area contributed by atoms with Crippen molar-refractivity contribution >= 4 is 17.7 Å². The molecule has 144 valence electrons. The number of piperidine rings is 1. The largest absolute Gasteiger partial charge is 0.444 e. The van der Waals surface area contributed by atoms with Crippen molar-refractivity contribution in [2.24, 2.45) is 5.92 Å². The van der Waals surface area contributed by atoms with E-state index < -0.39 is 17.7 Å². The summed E-state index contributed by atoms with van der Waals surface area (Å²) < 4.78 is 5.53. The molecule has 1 N–H and O–H groups in total. The third-order valence-corrected chi connectivity index (χ3v) is 4.95. The van der Waals surface area contributed by atoms with Gasteiger partial charge in [0.1, 0.15) is 11.6 Å². The lowest BCUT2D eigenvalue weighted by atomic mass is 9.88. The first-order valence-corrected chi connectivity index (χ1v) is 9.49. The Morgan fingerprint density at radius 2 is 1.85 bits per heavy atom. The molecule has 1 saturated heterocycles. The summed E-state index contributed by atoms with van der Waals surface area (Å²) in [6.45, 7) is 12.2. The van der Waals surface area contributed by atoms with Crippen molar-refractivity contribution in [2.75, 3.05) is 11.9 Å². The molecule has 0 aliphatic carbocycles. The first kappa shape index (κ1) is 20.3. The SMILES string of the molecule is CC[C@@H]1CCN(C(=O)OC(C)(C)C)[C@@H](C(=O)Nc2c(C)cccc2C)C1. The molecule has 0 spiro atoms. The van der Waals surface area contributed by atoms with Gasteiger partial charge in [-0.1, -0.05) is 31.5 Å². The van der Waals surface area contributed by atoms with E-state index in [4.69, 9.17) is 4.74 Å². The second kappa shape index (κ2) is 8.11. The van der Waals surface area contributed by atoms with Gasteiger partial charge in [0.05, 0.1) is 0 Å². The number of hydrogen-bond donors (Lipinski definition) is 1. The third-order valence-electron chi connectivity index (χ3n) is 4.95. The average molecular weight is 360 g/mol. The maximum absolute atomic E-state index is 13.1. The fourth-order valence-electron chi connectivity index (χ4n) is 3.41. The number of amides is 2. The molecule has 5 heteroatoms. The van der Waals surface area contributed by atoms with Crippen LogP contribution in [0.25, 0.3) is 0 Å². The van der Waals surface area contributed by atoms with Crippen LogP contribution >= 0.6 is 0 Å². The Hall–Kier alpha value is -2.04. The summed E-state index contributed by atoms with van der Waals surface area (Å²) in [6, 6.07) is 5.43. The van der Waals surface area contributed by atoms with Crippen LogP contribution in [-0.2, 0) is 9.53 Å². The molecule has 0 saturated carbocycles. The molecule has 2 atom stereocenters. The molecule has 26 heavy (non-hydrogen) atoms. The Kier molecular flexibility index (Phi) is 6.32. The standard InChI is InChI=1S/C21H32N2O3/c1-7-16-11-12-23(20(25)26-21(4,5)6)17(13-16)19(24)22-18-14(2)9-8-10-15(18)3/h8-10,16-17H,7,11-13H2,1-6H3,(H,22,24)/t16-,17-/m1/s1. The molecule has 0 bridgehead atoms. The van der Waals surface area contributed by atoms with Crippen molar-refractivity contribution < 1.29 is 14.3 Å². The highest BCUT2D eigenvalue weighted by Gasteiger charge is 2.38. The van der Waals surface area contributed by atoms with Gasteiger partial charge in [0.2, 0.25) is 5.91 Å². The molecule has 2 amide bonds. The van der Waals surface area contributed by atoms with Crippen molar-refractivity contribution in [3.63, 3.8) is 0 Å². The van der Waals surface area contributed by atoms with Crippen molar-refractivity contribution in [3.05, 3.63) is 29.3 Å². The quantitative estimate of drug-likeness (QED) is 0.852. The van der Waals surface area contributed by atoms with Crippen LogP contribution in [0, 0.1) is 19.8 Å². The molecule has 1 aromatic rings. The van der Waals surface area contributed by atoms with E-state index in [1.807, 2.05) is 52.8 Å². The number of benzene rings is 1. The van der Waals surface area contributed by atoms with Crippen LogP contribution in [0.1, 0.15) is 58.1 Å². The molecule has 1 aliphatic rings. The Morgan fingerprint density at radius 3 is 2.38 bits per heavy atom. The summed E-state index contributed by atoms with van der Waals surface area (Å²) in [5.74, 6) is 0.314. The fraction of sp³-hybridized carbons (Fsp3) is 0.619. The lowest BCUT2D eigenvalue weighted by Gasteiger charge is -2.39. The molecule has 5 nitrogen and oxygen atoms in total. The van der Waals surface area contributed by atoms with E-state index in [9.17, 15) is 9.59 Å². The minimum absolute atomic E-state index is 0.133. The Bertz CT molecular complexity index is 643. The van der Waals surface area contributed by atoms with E-state index in [2.05, 4.69) is 12.2 Å². The van der Waals surface area contributed by atoms with Crippen LogP contribution in [0.3, 0.4) is 0 Å². The van der Waals surface area contributed by atoms with Crippen LogP contribution in [0.5, 0.6) is 0 Å². The number of likely N-dealkylation sites (tertiary alicyclic amines) is 1. The fourth-order valence-corrected chi connectivity index (χ4v) is 3.41. The zero-order valence-electron chi connectivity index (χ0n) is 16.9. The Labute approximate surface area is 157 Å². The second-order valence-corrected chi connectivity index (χ2v) is 8.24. The highest BCUT2D eigenvalue weighted by Crippen LogP contribution is 2.29.